The van der Waals surface area contributed by atoms with Gasteiger partial charge >= 0.3 is 0 Å². The van der Waals surface area contributed by atoms with Gasteiger partial charge in [0, 0.05) is 41.3 Å². The molecule has 5 aromatic rings. The molecule has 0 aliphatic rings. The molecule has 0 radical (unpaired) electrons. The van der Waals surface area contributed by atoms with Crippen LogP contribution in [0, 0.1) is 6.92 Å². The van der Waals surface area contributed by atoms with E-state index in [-0.39, 0.29) is 11.4 Å². The molecule has 0 amide bonds. The number of pyridine rings is 1. The Morgan fingerprint density at radius 3 is 2.76 bits per heavy atom. The summed E-state index contributed by atoms with van der Waals surface area (Å²) < 4.78 is 3.43. The van der Waals surface area contributed by atoms with Crippen LogP contribution < -0.4 is 5.56 Å². The van der Waals surface area contributed by atoms with Gasteiger partial charge in [0.1, 0.15) is 0 Å². The van der Waals surface area contributed by atoms with Crippen LogP contribution in [-0.2, 0) is 7.05 Å². The van der Waals surface area contributed by atoms with Crippen molar-refractivity contribution in [1.82, 2.24) is 19.3 Å². The molecule has 144 valence electrons. The van der Waals surface area contributed by atoms with Crippen LogP contribution in [0.15, 0.2) is 59.8 Å². The van der Waals surface area contributed by atoms with Crippen LogP contribution in [0.25, 0.3) is 38.6 Å². The number of nitrogens with one attached hydrogen (secondary N) is 1. The summed E-state index contributed by atoms with van der Waals surface area (Å²) in [5.41, 5.74) is 3.82. The first-order chi connectivity index (χ1) is 13.9. The van der Waals surface area contributed by atoms with Gasteiger partial charge < -0.3 is 14.7 Å². The molecule has 2 N–H and O–H groups in total. The van der Waals surface area contributed by atoms with E-state index >= 15 is 0 Å². The molecule has 3 heterocycles. The van der Waals surface area contributed by atoms with E-state index in [4.69, 9.17) is 11.6 Å². The van der Waals surface area contributed by atoms with Crippen LogP contribution in [-0.4, -0.2) is 24.4 Å². The van der Waals surface area contributed by atoms with Crippen molar-refractivity contribution in [2.24, 2.45) is 7.05 Å². The molecule has 0 aliphatic heterocycles. The number of aryl methyl sites for hydroxylation is 2. The van der Waals surface area contributed by atoms with Crippen LogP contribution >= 0.6 is 11.6 Å². The van der Waals surface area contributed by atoms with E-state index in [1.807, 2.05) is 38.4 Å². The first-order valence-electron chi connectivity index (χ1n) is 9.08. The van der Waals surface area contributed by atoms with Gasteiger partial charge in [-0.1, -0.05) is 17.7 Å². The quantitative estimate of drug-likeness (QED) is 0.453. The van der Waals surface area contributed by atoms with Crippen molar-refractivity contribution < 1.29 is 5.11 Å². The Kier molecular flexibility index (Phi) is 3.79. The Bertz CT molecular complexity index is 1480. The number of aromatic hydroxyl groups is 1. The summed E-state index contributed by atoms with van der Waals surface area (Å²) in [6.07, 6.45) is 5.33. The number of halogens is 1. The van der Waals surface area contributed by atoms with E-state index in [1.165, 1.54) is 4.68 Å². The molecule has 2 aromatic carbocycles. The predicted octanol–water partition coefficient (Wildman–Crippen LogP) is 4.54. The molecule has 0 spiro atoms. The summed E-state index contributed by atoms with van der Waals surface area (Å²) in [7, 11) is 2.00. The highest BCUT2D eigenvalue weighted by Crippen LogP contribution is 2.37. The summed E-state index contributed by atoms with van der Waals surface area (Å²) in [4.78, 5) is 15.4. The van der Waals surface area contributed by atoms with Crippen LogP contribution in [0.4, 0.5) is 0 Å². The topological polar surface area (TPSA) is 75.8 Å². The second kappa shape index (κ2) is 6.25. The first kappa shape index (κ1) is 17.6. The number of aromatic amines is 1. The highest BCUT2D eigenvalue weighted by molar-refractivity contribution is 6.34. The molecule has 0 fully saturated rings. The van der Waals surface area contributed by atoms with Gasteiger partial charge in [-0.25, -0.2) is 4.68 Å². The molecule has 0 unspecified atom stereocenters. The molecule has 0 saturated carbocycles. The predicted molar refractivity (Wildman–Crippen MR) is 115 cm³/mol. The Labute approximate surface area is 170 Å². The van der Waals surface area contributed by atoms with E-state index in [0.29, 0.717) is 15.9 Å². The largest absolute Gasteiger partial charge is 0.505 e. The Hall–Kier alpha value is -3.51. The molecule has 0 bridgehead atoms. The highest BCUT2D eigenvalue weighted by atomic mass is 35.5. The van der Waals surface area contributed by atoms with E-state index in [1.54, 1.807) is 24.5 Å². The van der Waals surface area contributed by atoms with Gasteiger partial charge in [-0.05, 0) is 48.4 Å². The Balaban J connectivity index is 1.76. The maximum atomic E-state index is 12.6. The fourth-order valence-corrected chi connectivity index (χ4v) is 3.98. The lowest BCUT2D eigenvalue weighted by Crippen LogP contribution is -2.15. The molecular formula is C22H17ClN4O2. The van der Waals surface area contributed by atoms with Crippen molar-refractivity contribution in [3.63, 3.8) is 0 Å². The molecule has 3 aromatic heterocycles. The van der Waals surface area contributed by atoms with Gasteiger partial charge in [0.15, 0.2) is 11.4 Å². The maximum Gasteiger partial charge on any atom is 0.278 e. The van der Waals surface area contributed by atoms with Crippen LogP contribution in [0.3, 0.4) is 0 Å². The minimum Gasteiger partial charge on any atom is -0.505 e. The van der Waals surface area contributed by atoms with Crippen molar-refractivity contribution in [3.05, 3.63) is 75.9 Å². The fraction of sp³-hybridized carbons (Fsp3) is 0.0909. The molecular weight excluding hydrogens is 388 g/mol. The van der Waals surface area contributed by atoms with E-state index in [0.717, 1.165) is 27.6 Å². The number of rotatable bonds is 2. The van der Waals surface area contributed by atoms with E-state index in [9.17, 15) is 9.90 Å². The van der Waals surface area contributed by atoms with Crippen LogP contribution in [0.1, 0.15) is 5.56 Å². The molecule has 0 aliphatic carbocycles. The smallest absolute Gasteiger partial charge is 0.278 e. The standard InChI is InChI=1S/C22H17ClN4O2/c1-12-10-24-27(11-12)20-21(28)16-8-15(17(23)9-18(16)25-22(20)29)13-3-4-19-14(7-13)5-6-26(19)2/h3-11H,1-2H3,(H2,25,28,29). The normalized spacial score (nSPS) is 11.6. The second-order valence-electron chi connectivity index (χ2n) is 7.19. The zero-order valence-corrected chi connectivity index (χ0v) is 16.5. The van der Waals surface area contributed by atoms with E-state index < -0.39 is 5.56 Å². The number of H-pyrrole nitrogens is 1. The lowest BCUT2D eigenvalue weighted by Gasteiger charge is -2.11. The molecule has 0 atom stereocenters. The summed E-state index contributed by atoms with van der Waals surface area (Å²) >= 11 is 6.53. The van der Waals surface area contributed by atoms with Gasteiger partial charge in [0.05, 0.1) is 16.7 Å². The van der Waals surface area contributed by atoms with Crippen molar-refractivity contribution in [2.75, 3.05) is 0 Å². The summed E-state index contributed by atoms with van der Waals surface area (Å²) in [6.45, 7) is 1.87. The lowest BCUT2D eigenvalue weighted by atomic mass is 10.0. The third-order valence-electron chi connectivity index (χ3n) is 5.19. The van der Waals surface area contributed by atoms with Gasteiger partial charge in [0.2, 0.25) is 0 Å². The number of nitrogens with zero attached hydrogens (tertiary/aromatic N) is 3. The first-order valence-corrected chi connectivity index (χ1v) is 9.46. The molecule has 5 rings (SSSR count). The van der Waals surface area contributed by atoms with Crippen molar-refractivity contribution >= 4 is 33.4 Å². The number of hydrogen-bond acceptors (Lipinski definition) is 3. The average molecular weight is 405 g/mol. The zero-order chi connectivity index (χ0) is 20.3. The van der Waals surface area contributed by atoms with Gasteiger partial charge in [-0.3, -0.25) is 4.79 Å². The van der Waals surface area contributed by atoms with Crippen molar-refractivity contribution in [3.8, 4) is 22.6 Å². The zero-order valence-electron chi connectivity index (χ0n) is 15.8. The second-order valence-corrected chi connectivity index (χ2v) is 7.60. The number of hydrogen-bond donors (Lipinski definition) is 2. The summed E-state index contributed by atoms with van der Waals surface area (Å²) in [6, 6.07) is 11.6. The molecule has 6 nitrogen and oxygen atoms in total. The van der Waals surface area contributed by atoms with E-state index in [2.05, 4.69) is 20.7 Å². The van der Waals surface area contributed by atoms with Gasteiger partial charge in [-0.15, -0.1) is 0 Å². The minimum absolute atomic E-state index is 0.0809. The third kappa shape index (κ3) is 2.72. The number of benzene rings is 2. The van der Waals surface area contributed by atoms with Crippen LogP contribution in [0.2, 0.25) is 5.02 Å². The Morgan fingerprint density at radius 1 is 1.17 bits per heavy atom. The SMILES string of the molecule is Cc1cnn(-c2c(O)c3cc(-c4ccc5c(ccn5C)c4)c(Cl)cc3[nH]c2=O)c1. The minimum atomic E-state index is -0.437. The highest BCUT2D eigenvalue weighted by Gasteiger charge is 2.17. The number of aromatic nitrogens is 4. The van der Waals surface area contributed by atoms with Crippen molar-refractivity contribution in [2.45, 2.75) is 6.92 Å². The monoisotopic (exact) mass is 404 g/mol. The van der Waals surface area contributed by atoms with Gasteiger partial charge in [0.25, 0.3) is 5.56 Å². The molecule has 0 saturated heterocycles. The summed E-state index contributed by atoms with van der Waals surface area (Å²) in [5.74, 6) is -0.134. The van der Waals surface area contributed by atoms with Crippen LogP contribution in [0.5, 0.6) is 5.75 Å². The van der Waals surface area contributed by atoms with Crippen molar-refractivity contribution in [1.29, 1.82) is 0 Å². The maximum absolute atomic E-state index is 12.6. The molecule has 29 heavy (non-hydrogen) atoms. The third-order valence-corrected chi connectivity index (χ3v) is 5.50. The average Bonchev–Trinajstić information content (AvgIpc) is 3.27. The Morgan fingerprint density at radius 2 is 2.00 bits per heavy atom. The van der Waals surface area contributed by atoms with Gasteiger partial charge in [-0.2, -0.15) is 5.10 Å². The summed E-state index contributed by atoms with van der Waals surface area (Å²) in [5, 5.41) is 17.1. The number of fused-ring (bicyclic) bond motifs is 2. The molecule has 7 heteroatoms. The lowest BCUT2D eigenvalue weighted by molar-refractivity contribution is 0.475. The fourth-order valence-electron chi connectivity index (χ4n) is 3.71.